The van der Waals surface area contributed by atoms with Crippen molar-refractivity contribution in [3.05, 3.63) is 28.5 Å². The van der Waals surface area contributed by atoms with Crippen molar-refractivity contribution >= 4 is 21.8 Å². The van der Waals surface area contributed by atoms with Crippen LogP contribution in [0.2, 0.25) is 0 Å². The standard InChI is InChI=1S/C13H18BrN3O/c1-13(12(18)15-2)5-6-17(9-13)8-11-4-3-10(14)7-16-11/h3-4,7H,5-6,8-9H2,1-2H3,(H,15,18). The maximum absolute atomic E-state index is 11.8. The van der Waals surface area contributed by atoms with Gasteiger partial charge >= 0.3 is 0 Å². The van der Waals surface area contributed by atoms with E-state index in [0.717, 1.165) is 36.2 Å². The van der Waals surface area contributed by atoms with Gasteiger partial charge in [0.25, 0.3) is 0 Å². The number of hydrogen-bond donors (Lipinski definition) is 1. The first-order chi connectivity index (χ1) is 8.53. The van der Waals surface area contributed by atoms with Gasteiger partial charge in [-0.2, -0.15) is 0 Å². The Morgan fingerprint density at radius 3 is 3.00 bits per heavy atom. The highest BCUT2D eigenvalue weighted by molar-refractivity contribution is 9.10. The second kappa shape index (κ2) is 5.36. The predicted octanol–water partition coefficient (Wildman–Crippen LogP) is 1.80. The topological polar surface area (TPSA) is 45.2 Å². The third kappa shape index (κ3) is 2.90. The molecule has 2 rings (SSSR count). The molecular weight excluding hydrogens is 294 g/mol. The van der Waals surface area contributed by atoms with Crippen LogP contribution in [0, 0.1) is 5.41 Å². The molecular formula is C13H18BrN3O. The minimum atomic E-state index is -0.260. The van der Waals surface area contributed by atoms with E-state index in [4.69, 9.17) is 0 Å². The summed E-state index contributed by atoms with van der Waals surface area (Å²) in [5.74, 6) is 0.133. The first-order valence-electron chi connectivity index (χ1n) is 6.08. The first kappa shape index (κ1) is 13.5. The number of carbonyl (C=O) groups excluding carboxylic acids is 1. The Labute approximate surface area is 116 Å². The van der Waals surface area contributed by atoms with Gasteiger partial charge in [-0.15, -0.1) is 0 Å². The van der Waals surface area contributed by atoms with Gasteiger partial charge in [0.1, 0.15) is 0 Å². The minimum absolute atomic E-state index is 0.133. The van der Waals surface area contributed by atoms with Gasteiger partial charge in [0.2, 0.25) is 5.91 Å². The van der Waals surface area contributed by atoms with E-state index in [9.17, 15) is 4.79 Å². The zero-order chi connectivity index (χ0) is 13.2. The first-order valence-corrected chi connectivity index (χ1v) is 6.88. The smallest absolute Gasteiger partial charge is 0.227 e. The number of carbonyl (C=O) groups is 1. The van der Waals surface area contributed by atoms with Crippen LogP contribution < -0.4 is 5.32 Å². The molecule has 4 nitrogen and oxygen atoms in total. The van der Waals surface area contributed by atoms with E-state index in [0.29, 0.717) is 0 Å². The normalized spacial score (nSPS) is 24.2. The third-order valence-corrected chi connectivity index (χ3v) is 3.97. The molecule has 1 amide bonds. The molecule has 1 aliphatic heterocycles. The highest BCUT2D eigenvalue weighted by Gasteiger charge is 2.39. The van der Waals surface area contributed by atoms with E-state index >= 15 is 0 Å². The summed E-state index contributed by atoms with van der Waals surface area (Å²) >= 11 is 3.38. The van der Waals surface area contributed by atoms with E-state index < -0.39 is 0 Å². The Bertz CT molecular complexity index is 434. The lowest BCUT2D eigenvalue weighted by Gasteiger charge is -2.22. The number of nitrogens with zero attached hydrogens (tertiary/aromatic N) is 2. The molecule has 0 spiro atoms. The SMILES string of the molecule is CNC(=O)C1(C)CCN(Cc2ccc(Br)cn2)C1. The second-order valence-electron chi connectivity index (χ2n) is 5.07. The second-order valence-corrected chi connectivity index (χ2v) is 5.98. The number of amides is 1. The number of rotatable bonds is 3. The van der Waals surface area contributed by atoms with Gasteiger partial charge < -0.3 is 5.32 Å². The van der Waals surface area contributed by atoms with Gasteiger partial charge in [0, 0.05) is 30.8 Å². The number of halogens is 1. The summed E-state index contributed by atoms with van der Waals surface area (Å²) in [6.07, 6.45) is 2.71. The van der Waals surface area contributed by atoms with Crippen LogP contribution in [0.3, 0.4) is 0 Å². The molecule has 2 heterocycles. The lowest BCUT2D eigenvalue weighted by molar-refractivity contribution is -0.129. The van der Waals surface area contributed by atoms with Crippen molar-refractivity contribution in [1.29, 1.82) is 0 Å². The van der Waals surface area contributed by atoms with Crippen LogP contribution in [0.15, 0.2) is 22.8 Å². The highest BCUT2D eigenvalue weighted by atomic mass is 79.9. The van der Waals surface area contributed by atoms with Gasteiger partial charge in [0.05, 0.1) is 11.1 Å². The summed E-state index contributed by atoms with van der Waals surface area (Å²) < 4.78 is 0.989. The van der Waals surface area contributed by atoms with Gasteiger partial charge in [0.15, 0.2) is 0 Å². The fraction of sp³-hybridized carbons (Fsp3) is 0.538. The molecule has 0 bridgehead atoms. The van der Waals surface area contributed by atoms with E-state index in [-0.39, 0.29) is 11.3 Å². The number of aromatic nitrogens is 1. The van der Waals surface area contributed by atoms with Crippen molar-refractivity contribution in [2.45, 2.75) is 19.9 Å². The molecule has 0 aliphatic carbocycles. The van der Waals surface area contributed by atoms with Gasteiger partial charge in [-0.05, 0) is 48.0 Å². The predicted molar refractivity (Wildman–Crippen MR) is 74.0 cm³/mol. The zero-order valence-corrected chi connectivity index (χ0v) is 12.3. The molecule has 0 radical (unpaired) electrons. The highest BCUT2D eigenvalue weighted by Crippen LogP contribution is 2.30. The quantitative estimate of drug-likeness (QED) is 0.926. The molecule has 1 aromatic heterocycles. The summed E-state index contributed by atoms with van der Waals surface area (Å²) in [6.45, 7) is 4.58. The van der Waals surface area contributed by atoms with Gasteiger partial charge in [-0.3, -0.25) is 14.7 Å². The molecule has 98 valence electrons. The summed E-state index contributed by atoms with van der Waals surface area (Å²) in [7, 11) is 1.70. The number of pyridine rings is 1. The Hall–Kier alpha value is -0.940. The molecule has 1 aliphatic rings. The van der Waals surface area contributed by atoms with E-state index in [2.05, 4.69) is 31.1 Å². The largest absolute Gasteiger partial charge is 0.359 e. The number of hydrogen-bond acceptors (Lipinski definition) is 3. The van der Waals surface area contributed by atoms with Crippen molar-refractivity contribution in [2.75, 3.05) is 20.1 Å². The monoisotopic (exact) mass is 311 g/mol. The van der Waals surface area contributed by atoms with Crippen LogP contribution in [-0.4, -0.2) is 35.9 Å². The van der Waals surface area contributed by atoms with Gasteiger partial charge in [-0.1, -0.05) is 0 Å². The maximum Gasteiger partial charge on any atom is 0.227 e. The van der Waals surface area contributed by atoms with Crippen LogP contribution in [0.1, 0.15) is 19.0 Å². The molecule has 1 unspecified atom stereocenters. The molecule has 1 atom stereocenters. The molecule has 1 fully saturated rings. The fourth-order valence-corrected chi connectivity index (χ4v) is 2.64. The van der Waals surface area contributed by atoms with E-state index in [1.165, 1.54) is 0 Å². The summed E-state index contributed by atoms with van der Waals surface area (Å²) in [5.41, 5.74) is 0.781. The molecule has 1 aromatic rings. The third-order valence-electron chi connectivity index (χ3n) is 3.50. The van der Waals surface area contributed by atoms with Crippen molar-refractivity contribution in [3.8, 4) is 0 Å². The maximum atomic E-state index is 11.8. The van der Waals surface area contributed by atoms with Crippen LogP contribution in [-0.2, 0) is 11.3 Å². The van der Waals surface area contributed by atoms with Crippen molar-refractivity contribution in [3.63, 3.8) is 0 Å². The lowest BCUT2D eigenvalue weighted by atomic mass is 9.89. The summed E-state index contributed by atoms with van der Waals surface area (Å²) in [6, 6.07) is 4.01. The molecule has 5 heteroatoms. The van der Waals surface area contributed by atoms with Crippen LogP contribution in [0.4, 0.5) is 0 Å². The minimum Gasteiger partial charge on any atom is -0.359 e. The van der Waals surface area contributed by atoms with Crippen LogP contribution in [0.25, 0.3) is 0 Å². The zero-order valence-electron chi connectivity index (χ0n) is 10.7. The lowest BCUT2D eigenvalue weighted by Crippen LogP contribution is -2.39. The number of nitrogens with one attached hydrogen (secondary N) is 1. The van der Waals surface area contributed by atoms with Crippen molar-refractivity contribution in [2.24, 2.45) is 5.41 Å². The summed E-state index contributed by atoms with van der Waals surface area (Å²) in [5, 5.41) is 2.75. The van der Waals surface area contributed by atoms with Crippen molar-refractivity contribution < 1.29 is 4.79 Å². The number of likely N-dealkylation sites (tertiary alicyclic amines) is 1. The fourth-order valence-electron chi connectivity index (χ4n) is 2.41. The molecule has 0 saturated carbocycles. The molecule has 1 saturated heterocycles. The summed E-state index contributed by atoms with van der Waals surface area (Å²) in [4.78, 5) is 18.5. The van der Waals surface area contributed by atoms with E-state index in [1.54, 1.807) is 7.05 Å². The van der Waals surface area contributed by atoms with Crippen LogP contribution in [0.5, 0.6) is 0 Å². The van der Waals surface area contributed by atoms with Gasteiger partial charge in [-0.25, -0.2) is 0 Å². The average Bonchev–Trinajstić information content (AvgIpc) is 2.74. The molecule has 18 heavy (non-hydrogen) atoms. The Morgan fingerprint density at radius 1 is 1.61 bits per heavy atom. The van der Waals surface area contributed by atoms with E-state index in [1.807, 2.05) is 25.3 Å². The molecule has 1 N–H and O–H groups in total. The Balaban J connectivity index is 1.97. The van der Waals surface area contributed by atoms with Crippen molar-refractivity contribution in [1.82, 2.24) is 15.2 Å². The average molecular weight is 312 g/mol. The molecule has 0 aromatic carbocycles. The Morgan fingerprint density at radius 2 is 2.39 bits per heavy atom. The Kier molecular flexibility index (Phi) is 4.02. The van der Waals surface area contributed by atoms with Crippen LogP contribution >= 0.6 is 15.9 Å².